The van der Waals surface area contributed by atoms with Gasteiger partial charge in [-0.25, -0.2) is 4.39 Å². The van der Waals surface area contributed by atoms with E-state index in [4.69, 9.17) is 23.2 Å². The summed E-state index contributed by atoms with van der Waals surface area (Å²) >= 11 is 11.8. The lowest BCUT2D eigenvalue weighted by molar-refractivity contribution is -0.116. The van der Waals surface area contributed by atoms with Gasteiger partial charge in [0.1, 0.15) is 5.82 Å². The summed E-state index contributed by atoms with van der Waals surface area (Å²) in [6, 6.07) is 8.45. The highest BCUT2D eigenvalue weighted by molar-refractivity contribution is 6.35. The molecule has 0 fully saturated rings. The molecule has 0 bridgehead atoms. The molecule has 1 heterocycles. The second-order valence-corrected chi connectivity index (χ2v) is 6.19. The van der Waals surface area contributed by atoms with Crippen molar-refractivity contribution in [1.82, 2.24) is 4.90 Å². The highest BCUT2D eigenvalue weighted by atomic mass is 35.5. The number of hydrogen-bond donors (Lipinski definition) is 1. The van der Waals surface area contributed by atoms with Gasteiger partial charge in [-0.2, -0.15) is 0 Å². The van der Waals surface area contributed by atoms with Crippen LogP contribution in [0.3, 0.4) is 0 Å². The number of amides is 3. The second kappa shape index (κ2) is 6.82. The van der Waals surface area contributed by atoms with Crippen molar-refractivity contribution in [3.8, 4) is 0 Å². The molecule has 0 unspecified atom stereocenters. The Kier molecular flexibility index (Phi) is 4.74. The molecule has 0 radical (unpaired) electrons. The topological polar surface area (TPSA) is 66.5 Å². The fourth-order valence-corrected chi connectivity index (χ4v) is 2.85. The molecule has 0 saturated heterocycles. The lowest BCUT2D eigenvalue weighted by atomic mass is 10.1. The van der Waals surface area contributed by atoms with E-state index in [1.807, 2.05) is 0 Å². The van der Waals surface area contributed by atoms with Gasteiger partial charge >= 0.3 is 0 Å². The lowest BCUT2D eigenvalue weighted by Crippen LogP contribution is -2.33. The fourth-order valence-electron chi connectivity index (χ4n) is 2.51. The SMILES string of the molecule is O=C(CCN1C(=O)c2cccc(F)c2C1=O)Nc1cc(Cl)ccc1Cl. The Balaban J connectivity index is 1.67. The maximum atomic E-state index is 13.8. The van der Waals surface area contributed by atoms with E-state index in [1.54, 1.807) is 6.07 Å². The fraction of sp³-hybridized carbons (Fsp3) is 0.118. The molecule has 2 aromatic carbocycles. The van der Waals surface area contributed by atoms with Crippen molar-refractivity contribution in [3.05, 3.63) is 63.4 Å². The third kappa shape index (κ3) is 3.36. The van der Waals surface area contributed by atoms with Crippen LogP contribution in [0, 0.1) is 5.82 Å². The van der Waals surface area contributed by atoms with Crippen molar-refractivity contribution in [3.63, 3.8) is 0 Å². The Labute approximate surface area is 152 Å². The molecule has 1 N–H and O–H groups in total. The molecule has 3 amide bonds. The van der Waals surface area contributed by atoms with Crippen molar-refractivity contribution < 1.29 is 18.8 Å². The molecule has 2 aromatic rings. The van der Waals surface area contributed by atoms with Gasteiger partial charge in [0.25, 0.3) is 11.8 Å². The van der Waals surface area contributed by atoms with Crippen LogP contribution in [0.15, 0.2) is 36.4 Å². The summed E-state index contributed by atoms with van der Waals surface area (Å²) in [7, 11) is 0. The third-order valence-electron chi connectivity index (χ3n) is 3.71. The number of hydrogen-bond acceptors (Lipinski definition) is 3. The first kappa shape index (κ1) is 17.4. The molecule has 0 aliphatic carbocycles. The second-order valence-electron chi connectivity index (χ2n) is 5.35. The van der Waals surface area contributed by atoms with Gasteiger partial charge in [-0.15, -0.1) is 0 Å². The van der Waals surface area contributed by atoms with Crippen LogP contribution in [-0.2, 0) is 4.79 Å². The minimum Gasteiger partial charge on any atom is -0.325 e. The smallest absolute Gasteiger partial charge is 0.264 e. The van der Waals surface area contributed by atoms with E-state index in [1.165, 1.54) is 24.3 Å². The Morgan fingerprint density at radius 2 is 1.88 bits per heavy atom. The summed E-state index contributed by atoms with van der Waals surface area (Å²) in [5.74, 6) is -2.57. The summed E-state index contributed by atoms with van der Waals surface area (Å²) in [5, 5.41) is 3.26. The van der Waals surface area contributed by atoms with Gasteiger partial charge in [-0.3, -0.25) is 19.3 Å². The van der Waals surface area contributed by atoms with Crippen LogP contribution in [0.1, 0.15) is 27.1 Å². The number of anilines is 1. The average molecular weight is 381 g/mol. The molecule has 128 valence electrons. The van der Waals surface area contributed by atoms with Gasteiger partial charge in [-0.05, 0) is 30.3 Å². The van der Waals surface area contributed by atoms with Crippen LogP contribution in [0.4, 0.5) is 10.1 Å². The van der Waals surface area contributed by atoms with Crippen molar-refractivity contribution in [2.45, 2.75) is 6.42 Å². The summed E-state index contributed by atoms with van der Waals surface area (Å²) in [5.41, 5.74) is 0.0710. The van der Waals surface area contributed by atoms with Crippen LogP contribution < -0.4 is 5.32 Å². The van der Waals surface area contributed by atoms with Crippen LogP contribution in [-0.4, -0.2) is 29.2 Å². The maximum Gasteiger partial charge on any atom is 0.264 e. The van der Waals surface area contributed by atoms with Gasteiger partial charge in [-0.1, -0.05) is 29.3 Å². The molecule has 0 saturated carbocycles. The van der Waals surface area contributed by atoms with Crippen LogP contribution >= 0.6 is 23.2 Å². The predicted molar refractivity (Wildman–Crippen MR) is 91.5 cm³/mol. The van der Waals surface area contributed by atoms with Crippen LogP contribution in [0.25, 0.3) is 0 Å². The van der Waals surface area contributed by atoms with Gasteiger partial charge < -0.3 is 5.32 Å². The van der Waals surface area contributed by atoms with Gasteiger partial charge in [0.2, 0.25) is 5.91 Å². The molecule has 5 nitrogen and oxygen atoms in total. The zero-order valence-corrected chi connectivity index (χ0v) is 14.2. The molecule has 25 heavy (non-hydrogen) atoms. The van der Waals surface area contributed by atoms with E-state index < -0.39 is 23.5 Å². The number of rotatable bonds is 4. The molecule has 0 aromatic heterocycles. The van der Waals surface area contributed by atoms with E-state index in [2.05, 4.69) is 5.32 Å². The first-order valence-electron chi connectivity index (χ1n) is 7.28. The number of nitrogens with one attached hydrogen (secondary N) is 1. The number of halogens is 3. The number of imide groups is 1. The van der Waals surface area contributed by atoms with E-state index >= 15 is 0 Å². The first-order chi connectivity index (χ1) is 11.9. The molecule has 8 heteroatoms. The van der Waals surface area contributed by atoms with Gasteiger partial charge in [0.15, 0.2) is 0 Å². The number of nitrogens with zero attached hydrogens (tertiary/aromatic N) is 1. The Morgan fingerprint density at radius 3 is 2.60 bits per heavy atom. The zero-order chi connectivity index (χ0) is 18.1. The van der Waals surface area contributed by atoms with E-state index in [9.17, 15) is 18.8 Å². The molecular formula is C17H11Cl2FN2O3. The number of fused-ring (bicyclic) bond motifs is 1. The standard InChI is InChI=1S/C17H11Cl2FN2O3/c18-9-4-5-11(19)13(8-9)21-14(23)6-7-22-16(24)10-2-1-3-12(20)15(10)17(22)25/h1-5,8H,6-7H2,(H,21,23). The van der Waals surface area contributed by atoms with Crippen molar-refractivity contribution in [2.75, 3.05) is 11.9 Å². The first-order valence-corrected chi connectivity index (χ1v) is 8.03. The predicted octanol–water partition coefficient (Wildman–Crippen LogP) is 3.76. The highest BCUT2D eigenvalue weighted by Crippen LogP contribution is 2.27. The Morgan fingerprint density at radius 1 is 1.12 bits per heavy atom. The largest absolute Gasteiger partial charge is 0.325 e. The summed E-state index contributed by atoms with van der Waals surface area (Å²) in [6.45, 7) is -0.171. The molecule has 0 atom stereocenters. The van der Waals surface area contributed by atoms with E-state index in [0.717, 1.165) is 11.0 Å². The molecular weight excluding hydrogens is 370 g/mol. The summed E-state index contributed by atoms with van der Waals surface area (Å²) in [6.07, 6.45) is -0.157. The number of benzene rings is 2. The van der Waals surface area contributed by atoms with Crippen LogP contribution in [0.2, 0.25) is 10.0 Å². The Hall–Kier alpha value is -2.44. The van der Waals surface area contributed by atoms with Crippen molar-refractivity contribution >= 4 is 46.6 Å². The van der Waals surface area contributed by atoms with Gasteiger partial charge in [0.05, 0.1) is 21.8 Å². The monoisotopic (exact) mass is 380 g/mol. The molecule has 1 aliphatic rings. The van der Waals surface area contributed by atoms with E-state index in [-0.39, 0.29) is 24.1 Å². The van der Waals surface area contributed by atoms with Crippen molar-refractivity contribution in [2.24, 2.45) is 0 Å². The van der Waals surface area contributed by atoms with Crippen LogP contribution in [0.5, 0.6) is 0 Å². The third-order valence-corrected chi connectivity index (χ3v) is 4.28. The lowest BCUT2D eigenvalue weighted by Gasteiger charge is -2.14. The Bertz CT molecular complexity index is 901. The zero-order valence-electron chi connectivity index (χ0n) is 12.7. The minimum absolute atomic E-state index is 0.00305. The summed E-state index contributed by atoms with van der Waals surface area (Å²) in [4.78, 5) is 37.3. The molecule has 1 aliphatic heterocycles. The summed E-state index contributed by atoms with van der Waals surface area (Å²) < 4.78 is 13.8. The van der Waals surface area contributed by atoms with Gasteiger partial charge in [0, 0.05) is 18.0 Å². The average Bonchev–Trinajstić information content (AvgIpc) is 2.81. The van der Waals surface area contributed by atoms with E-state index in [0.29, 0.717) is 15.7 Å². The number of carbonyl (C=O) groups is 3. The quantitative estimate of drug-likeness (QED) is 0.821. The highest BCUT2D eigenvalue weighted by Gasteiger charge is 2.37. The normalized spacial score (nSPS) is 13.2. The number of carbonyl (C=O) groups excluding carboxylic acids is 3. The molecule has 3 rings (SSSR count). The minimum atomic E-state index is -0.756. The maximum absolute atomic E-state index is 13.8. The van der Waals surface area contributed by atoms with Crippen molar-refractivity contribution in [1.29, 1.82) is 0 Å². The molecule has 0 spiro atoms.